The Balaban J connectivity index is 2.09. The molecule has 0 saturated carbocycles. The molecule has 0 aliphatic heterocycles. The van der Waals surface area contributed by atoms with Gasteiger partial charge < -0.3 is 10.2 Å². The van der Waals surface area contributed by atoms with E-state index >= 15 is 0 Å². The van der Waals surface area contributed by atoms with Crippen LogP contribution in [0.1, 0.15) is 18.1 Å². The summed E-state index contributed by atoms with van der Waals surface area (Å²) in [4.78, 5) is 27.6. The third kappa shape index (κ3) is 6.74. The molecular formula is C26H25Cl4N3O4S. The number of amides is 2. The molecule has 0 saturated heterocycles. The maximum Gasteiger partial charge on any atom is 0.264 e. The summed E-state index contributed by atoms with van der Waals surface area (Å²) in [6.07, 6.45) is 0. The van der Waals surface area contributed by atoms with Crippen LogP contribution in [0.3, 0.4) is 0 Å². The molecule has 0 radical (unpaired) electrons. The lowest BCUT2D eigenvalue weighted by Gasteiger charge is -2.32. The predicted octanol–water partition coefficient (Wildman–Crippen LogP) is 5.97. The van der Waals surface area contributed by atoms with Crippen LogP contribution in [0, 0.1) is 6.92 Å². The van der Waals surface area contributed by atoms with E-state index in [-0.39, 0.29) is 27.2 Å². The molecule has 0 aliphatic carbocycles. The maximum absolute atomic E-state index is 13.8. The Hall–Kier alpha value is -2.49. The number of carbonyl (C=O) groups excluding carboxylic acids is 2. The van der Waals surface area contributed by atoms with Crippen LogP contribution in [0.15, 0.2) is 65.6 Å². The zero-order chi connectivity index (χ0) is 28.2. The number of hydrogen-bond donors (Lipinski definition) is 1. The number of halogens is 4. The van der Waals surface area contributed by atoms with Crippen LogP contribution < -0.4 is 9.62 Å². The van der Waals surface area contributed by atoms with E-state index < -0.39 is 34.4 Å². The van der Waals surface area contributed by atoms with Crippen molar-refractivity contribution in [1.29, 1.82) is 0 Å². The monoisotopic (exact) mass is 615 g/mol. The van der Waals surface area contributed by atoms with Crippen molar-refractivity contribution in [2.45, 2.75) is 31.3 Å². The maximum atomic E-state index is 13.8. The van der Waals surface area contributed by atoms with E-state index in [4.69, 9.17) is 46.4 Å². The molecule has 3 aromatic carbocycles. The van der Waals surface area contributed by atoms with E-state index in [2.05, 4.69) is 5.32 Å². The Morgan fingerprint density at radius 1 is 0.947 bits per heavy atom. The van der Waals surface area contributed by atoms with Gasteiger partial charge in [0, 0.05) is 23.6 Å². The number of nitrogens with one attached hydrogen (secondary N) is 1. The Morgan fingerprint density at radius 2 is 1.61 bits per heavy atom. The van der Waals surface area contributed by atoms with Crippen LogP contribution in [0.25, 0.3) is 0 Å². The molecule has 7 nitrogen and oxygen atoms in total. The molecule has 0 fully saturated rings. The second-order valence-electron chi connectivity index (χ2n) is 8.45. The number of aryl methyl sites for hydroxylation is 1. The van der Waals surface area contributed by atoms with E-state index in [0.717, 1.165) is 9.87 Å². The van der Waals surface area contributed by atoms with Crippen molar-refractivity contribution in [2.24, 2.45) is 0 Å². The van der Waals surface area contributed by atoms with Crippen LogP contribution in [-0.4, -0.2) is 44.8 Å². The van der Waals surface area contributed by atoms with Crippen molar-refractivity contribution >= 4 is 73.9 Å². The minimum absolute atomic E-state index is 0.0187. The molecule has 0 unspecified atom stereocenters. The van der Waals surface area contributed by atoms with Gasteiger partial charge in [-0.3, -0.25) is 13.9 Å². The molecule has 202 valence electrons. The summed E-state index contributed by atoms with van der Waals surface area (Å²) in [6, 6.07) is 14.5. The van der Waals surface area contributed by atoms with Crippen LogP contribution in [-0.2, 0) is 26.2 Å². The first-order valence-electron chi connectivity index (χ1n) is 11.3. The Labute approximate surface area is 242 Å². The molecule has 0 bridgehead atoms. The number of likely N-dealkylation sites (N-methyl/N-ethyl adjacent to an activating group) is 1. The van der Waals surface area contributed by atoms with E-state index in [1.807, 2.05) is 6.92 Å². The average molecular weight is 617 g/mol. The highest BCUT2D eigenvalue weighted by Crippen LogP contribution is 2.35. The molecule has 12 heteroatoms. The lowest BCUT2D eigenvalue weighted by atomic mass is 10.1. The van der Waals surface area contributed by atoms with Crippen LogP contribution in [0.4, 0.5) is 5.69 Å². The molecule has 0 spiro atoms. The molecule has 0 aromatic heterocycles. The summed E-state index contributed by atoms with van der Waals surface area (Å²) in [5.41, 5.74) is 1.40. The summed E-state index contributed by atoms with van der Waals surface area (Å²) >= 11 is 25.0. The Morgan fingerprint density at radius 3 is 2.21 bits per heavy atom. The fourth-order valence-electron chi connectivity index (χ4n) is 3.66. The minimum atomic E-state index is -4.28. The number of benzene rings is 3. The SMILES string of the molecule is CNC(=O)[C@H](C)N(Cc1ccc(Cl)cc1Cl)C(=O)CN(c1cccc(Cl)c1Cl)S(=O)(=O)c1ccc(C)cc1. The van der Waals surface area contributed by atoms with Crippen LogP contribution >= 0.6 is 46.4 Å². The smallest absolute Gasteiger partial charge is 0.264 e. The standard InChI is InChI=1S/C26H25Cl4N3O4S/c1-16-7-11-20(12-8-16)38(36,37)33(23-6-4-5-21(28)25(23)30)15-24(34)32(17(2)26(35)31-3)14-18-9-10-19(27)13-22(18)29/h4-13,17H,14-15H2,1-3H3,(H,31,35)/t17-/m0/s1. The van der Waals surface area contributed by atoms with Crippen molar-refractivity contribution in [1.82, 2.24) is 10.2 Å². The molecule has 0 heterocycles. The van der Waals surface area contributed by atoms with Gasteiger partial charge in [0.15, 0.2) is 0 Å². The summed E-state index contributed by atoms with van der Waals surface area (Å²) in [6.45, 7) is 2.62. The first-order valence-corrected chi connectivity index (χ1v) is 14.3. The summed E-state index contributed by atoms with van der Waals surface area (Å²) < 4.78 is 28.5. The Bertz CT molecular complexity index is 1450. The fraction of sp³-hybridized carbons (Fsp3) is 0.231. The lowest BCUT2D eigenvalue weighted by Crippen LogP contribution is -2.50. The number of carbonyl (C=O) groups is 2. The van der Waals surface area contributed by atoms with Gasteiger partial charge in [0.05, 0.1) is 20.6 Å². The third-order valence-corrected chi connectivity index (χ3v) is 9.03. The zero-order valence-corrected chi connectivity index (χ0v) is 24.6. The molecular weight excluding hydrogens is 592 g/mol. The number of nitrogens with zero attached hydrogens (tertiary/aromatic N) is 2. The molecule has 3 aromatic rings. The summed E-state index contributed by atoms with van der Waals surface area (Å²) in [5, 5.41) is 3.29. The average Bonchev–Trinajstić information content (AvgIpc) is 2.88. The zero-order valence-electron chi connectivity index (χ0n) is 20.7. The molecule has 3 rings (SSSR count). The highest BCUT2D eigenvalue weighted by molar-refractivity contribution is 7.92. The van der Waals surface area contributed by atoms with Gasteiger partial charge in [0.1, 0.15) is 12.6 Å². The van der Waals surface area contributed by atoms with Gasteiger partial charge in [-0.25, -0.2) is 8.42 Å². The molecule has 1 N–H and O–H groups in total. The van der Waals surface area contributed by atoms with Gasteiger partial charge in [-0.05, 0) is 55.8 Å². The number of hydrogen-bond acceptors (Lipinski definition) is 4. The fourth-order valence-corrected chi connectivity index (χ4v) is 6.00. The molecule has 0 aliphatic rings. The Kier molecular flexibility index (Phi) is 9.95. The number of anilines is 1. The van der Waals surface area contributed by atoms with Crippen molar-refractivity contribution in [3.05, 3.63) is 91.9 Å². The summed E-state index contributed by atoms with van der Waals surface area (Å²) in [5.74, 6) is -1.11. The van der Waals surface area contributed by atoms with E-state index in [9.17, 15) is 18.0 Å². The van der Waals surface area contributed by atoms with Crippen LogP contribution in [0.2, 0.25) is 20.1 Å². The van der Waals surface area contributed by atoms with Crippen molar-refractivity contribution in [2.75, 3.05) is 17.9 Å². The normalized spacial score (nSPS) is 12.1. The number of rotatable bonds is 9. The number of sulfonamides is 1. The largest absolute Gasteiger partial charge is 0.357 e. The van der Waals surface area contributed by atoms with Crippen molar-refractivity contribution in [3.8, 4) is 0 Å². The van der Waals surface area contributed by atoms with Gasteiger partial charge in [0.2, 0.25) is 11.8 Å². The lowest BCUT2D eigenvalue weighted by molar-refractivity contribution is -0.139. The van der Waals surface area contributed by atoms with E-state index in [1.165, 1.54) is 55.3 Å². The topological polar surface area (TPSA) is 86.8 Å². The molecule has 2 amide bonds. The highest BCUT2D eigenvalue weighted by atomic mass is 35.5. The third-order valence-electron chi connectivity index (χ3n) is 5.86. The quantitative estimate of drug-likeness (QED) is 0.321. The van der Waals surface area contributed by atoms with E-state index in [0.29, 0.717) is 15.6 Å². The first kappa shape index (κ1) is 30.1. The van der Waals surface area contributed by atoms with Gasteiger partial charge in [-0.2, -0.15) is 0 Å². The minimum Gasteiger partial charge on any atom is -0.357 e. The van der Waals surface area contributed by atoms with Gasteiger partial charge in [-0.1, -0.05) is 76.2 Å². The van der Waals surface area contributed by atoms with Crippen LogP contribution in [0.5, 0.6) is 0 Å². The second-order valence-corrected chi connectivity index (χ2v) is 11.9. The second kappa shape index (κ2) is 12.6. The predicted molar refractivity (Wildman–Crippen MR) is 153 cm³/mol. The van der Waals surface area contributed by atoms with Gasteiger partial charge in [-0.15, -0.1) is 0 Å². The highest BCUT2D eigenvalue weighted by Gasteiger charge is 2.33. The van der Waals surface area contributed by atoms with Crippen molar-refractivity contribution in [3.63, 3.8) is 0 Å². The molecule has 1 atom stereocenters. The first-order chi connectivity index (χ1) is 17.9. The van der Waals surface area contributed by atoms with Crippen molar-refractivity contribution < 1.29 is 18.0 Å². The molecule has 38 heavy (non-hydrogen) atoms. The van der Waals surface area contributed by atoms with E-state index in [1.54, 1.807) is 24.3 Å². The summed E-state index contributed by atoms with van der Waals surface area (Å²) in [7, 11) is -2.84. The van der Waals surface area contributed by atoms with Gasteiger partial charge >= 0.3 is 0 Å². The van der Waals surface area contributed by atoms with Gasteiger partial charge in [0.25, 0.3) is 10.0 Å².